The molecule has 4 N–H and O–H groups in total. The van der Waals surface area contributed by atoms with Gasteiger partial charge in [0.2, 0.25) is 0 Å². The molecule has 1 aromatic heterocycles. The molecule has 1 saturated carbocycles. The predicted octanol–water partition coefficient (Wildman–Crippen LogP) is 1.73. The summed E-state index contributed by atoms with van der Waals surface area (Å²) in [5.74, 6) is 0.512. The second kappa shape index (κ2) is 4.39. The van der Waals surface area contributed by atoms with Crippen molar-refractivity contribution in [1.29, 1.82) is 0 Å². The standard InChI is InChI=1S/C12H20N4O/c1-12(2)5-3-8(4-6-12)16-10-9(13)11(17)15-7-14-10/h7-8H,3-6,13H2,1-2H3,(H2,14,15,16,17). The van der Waals surface area contributed by atoms with Crippen molar-refractivity contribution in [3.05, 3.63) is 16.7 Å². The summed E-state index contributed by atoms with van der Waals surface area (Å²) in [5.41, 5.74) is 6.02. The van der Waals surface area contributed by atoms with Gasteiger partial charge >= 0.3 is 0 Å². The van der Waals surface area contributed by atoms with E-state index in [2.05, 4.69) is 29.1 Å². The highest BCUT2D eigenvalue weighted by Gasteiger charge is 2.27. The highest BCUT2D eigenvalue weighted by molar-refractivity contribution is 5.59. The Labute approximate surface area is 101 Å². The number of rotatable bonds is 2. The van der Waals surface area contributed by atoms with E-state index in [1.807, 2.05) is 0 Å². The van der Waals surface area contributed by atoms with Crippen molar-refractivity contribution in [3.8, 4) is 0 Å². The minimum Gasteiger partial charge on any atom is -0.391 e. The molecule has 94 valence electrons. The summed E-state index contributed by atoms with van der Waals surface area (Å²) in [4.78, 5) is 17.9. The fourth-order valence-electron chi connectivity index (χ4n) is 2.26. The van der Waals surface area contributed by atoms with Crippen molar-refractivity contribution in [2.45, 2.75) is 45.6 Å². The van der Waals surface area contributed by atoms with Crippen molar-refractivity contribution in [2.24, 2.45) is 5.41 Å². The van der Waals surface area contributed by atoms with Crippen molar-refractivity contribution < 1.29 is 0 Å². The Bertz CT molecular complexity index is 442. The second-order valence-corrected chi connectivity index (χ2v) is 5.58. The number of nitrogen functional groups attached to an aromatic ring is 1. The van der Waals surface area contributed by atoms with Gasteiger partial charge in [-0.05, 0) is 31.1 Å². The SMILES string of the molecule is CC1(C)CCC(Nc2nc[nH]c(=O)c2N)CC1. The Morgan fingerprint density at radius 2 is 2.12 bits per heavy atom. The lowest BCUT2D eigenvalue weighted by Crippen LogP contribution is -2.31. The van der Waals surface area contributed by atoms with Gasteiger partial charge in [0.25, 0.3) is 5.56 Å². The summed E-state index contributed by atoms with van der Waals surface area (Å²) >= 11 is 0. The van der Waals surface area contributed by atoms with Crippen molar-refractivity contribution in [2.75, 3.05) is 11.1 Å². The Hall–Kier alpha value is -1.52. The molecule has 0 aliphatic heterocycles. The molecule has 1 heterocycles. The van der Waals surface area contributed by atoms with E-state index in [1.165, 1.54) is 19.2 Å². The Morgan fingerprint density at radius 3 is 2.76 bits per heavy atom. The number of H-pyrrole nitrogens is 1. The van der Waals surface area contributed by atoms with Crippen LogP contribution in [0.1, 0.15) is 39.5 Å². The molecule has 0 atom stereocenters. The maximum absolute atomic E-state index is 11.3. The molecule has 5 nitrogen and oxygen atoms in total. The summed E-state index contributed by atoms with van der Waals surface area (Å²) in [7, 11) is 0. The minimum atomic E-state index is -0.279. The average Bonchev–Trinajstić information content (AvgIpc) is 2.27. The maximum atomic E-state index is 11.3. The molecule has 1 aromatic rings. The molecule has 0 saturated heterocycles. The molecule has 1 aliphatic rings. The first-order valence-electron chi connectivity index (χ1n) is 6.08. The first-order valence-corrected chi connectivity index (χ1v) is 6.08. The minimum absolute atomic E-state index is 0.178. The molecule has 0 unspecified atom stereocenters. The van der Waals surface area contributed by atoms with Gasteiger partial charge in [0.1, 0.15) is 5.69 Å². The Kier molecular flexibility index (Phi) is 3.09. The van der Waals surface area contributed by atoms with Gasteiger partial charge in [-0.2, -0.15) is 0 Å². The third-order valence-electron chi connectivity index (χ3n) is 3.57. The van der Waals surface area contributed by atoms with Crippen molar-refractivity contribution >= 4 is 11.5 Å². The molecule has 0 amide bonds. The number of aromatic nitrogens is 2. The summed E-state index contributed by atoms with van der Waals surface area (Å²) in [6, 6.07) is 0.375. The molecule has 0 spiro atoms. The Balaban J connectivity index is 2.03. The lowest BCUT2D eigenvalue weighted by atomic mass is 9.75. The fourth-order valence-corrected chi connectivity index (χ4v) is 2.26. The first kappa shape index (κ1) is 12.0. The smallest absolute Gasteiger partial charge is 0.276 e. The highest BCUT2D eigenvalue weighted by Crippen LogP contribution is 2.36. The summed E-state index contributed by atoms with van der Waals surface area (Å²) in [6.07, 6.45) is 5.96. The molecule has 0 radical (unpaired) electrons. The van der Waals surface area contributed by atoms with Gasteiger partial charge in [0.15, 0.2) is 5.82 Å². The van der Waals surface area contributed by atoms with Crippen LogP contribution in [0.2, 0.25) is 0 Å². The molecular weight excluding hydrogens is 216 g/mol. The van der Waals surface area contributed by atoms with E-state index in [1.54, 1.807) is 0 Å². The zero-order chi connectivity index (χ0) is 12.5. The number of nitrogens with one attached hydrogen (secondary N) is 2. The van der Waals surface area contributed by atoms with E-state index in [9.17, 15) is 4.79 Å². The van der Waals surface area contributed by atoms with Crippen molar-refractivity contribution in [3.63, 3.8) is 0 Å². The number of nitrogens with zero attached hydrogens (tertiary/aromatic N) is 1. The van der Waals surface area contributed by atoms with Crippen LogP contribution in [-0.4, -0.2) is 16.0 Å². The van der Waals surface area contributed by atoms with Gasteiger partial charge in [0, 0.05) is 6.04 Å². The van der Waals surface area contributed by atoms with Crippen LogP contribution in [0, 0.1) is 5.41 Å². The molecule has 1 aliphatic carbocycles. The van der Waals surface area contributed by atoms with E-state index < -0.39 is 0 Å². The van der Waals surface area contributed by atoms with Crippen LogP contribution in [-0.2, 0) is 0 Å². The van der Waals surface area contributed by atoms with Crippen LogP contribution < -0.4 is 16.6 Å². The number of aromatic amines is 1. The molecule has 0 bridgehead atoms. The third kappa shape index (κ3) is 2.78. The fraction of sp³-hybridized carbons (Fsp3) is 0.667. The second-order valence-electron chi connectivity index (χ2n) is 5.58. The van der Waals surface area contributed by atoms with Crippen LogP contribution >= 0.6 is 0 Å². The van der Waals surface area contributed by atoms with Gasteiger partial charge in [-0.25, -0.2) is 4.98 Å². The zero-order valence-corrected chi connectivity index (χ0v) is 10.4. The highest BCUT2D eigenvalue weighted by atomic mass is 16.1. The largest absolute Gasteiger partial charge is 0.391 e. The monoisotopic (exact) mass is 236 g/mol. The normalized spacial score (nSPS) is 20.1. The van der Waals surface area contributed by atoms with Crippen LogP contribution in [0.4, 0.5) is 11.5 Å². The summed E-state index contributed by atoms with van der Waals surface area (Å²) in [5, 5.41) is 3.27. The Morgan fingerprint density at radius 1 is 1.47 bits per heavy atom. The van der Waals surface area contributed by atoms with Gasteiger partial charge in [-0.15, -0.1) is 0 Å². The van der Waals surface area contributed by atoms with E-state index in [0.29, 0.717) is 17.3 Å². The van der Waals surface area contributed by atoms with Gasteiger partial charge < -0.3 is 16.0 Å². The first-order chi connectivity index (χ1) is 7.98. The van der Waals surface area contributed by atoms with Gasteiger partial charge in [0.05, 0.1) is 6.33 Å². The number of nitrogens with two attached hydrogens (primary N) is 1. The average molecular weight is 236 g/mol. The maximum Gasteiger partial charge on any atom is 0.276 e. The van der Waals surface area contributed by atoms with Gasteiger partial charge in [-0.3, -0.25) is 4.79 Å². The van der Waals surface area contributed by atoms with Gasteiger partial charge in [-0.1, -0.05) is 13.8 Å². The number of hydrogen-bond donors (Lipinski definition) is 3. The number of hydrogen-bond acceptors (Lipinski definition) is 4. The van der Waals surface area contributed by atoms with E-state index in [0.717, 1.165) is 12.8 Å². The molecule has 1 fully saturated rings. The molecule has 2 rings (SSSR count). The van der Waals surface area contributed by atoms with Crippen LogP contribution in [0.15, 0.2) is 11.1 Å². The van der Waals surface area contributed by atoms with Crippen molar-refractivity contribution in [1.82, 2.24) is 9.97 Å². The lowest BCUT2D eigenvalue weighted by molar-refractivity contribution is 0.232. The lowest BCUT2D eigenvalue weighted by Gasteiger charge is -2.34. The molecule has 0 aromatic carbocycles. The number of anilines is 2. The van der Waals surface area contributed by atoms with E-state index in [-0.39, 0.29) is 11.2 Å². The van der Waals surface area contributed by atoms with E-state index in [4.69, 9.17) is 5.73 Å². The molecular formula is C12H20N4O. The quantitative estimate of drug-likeness (QED) is 0.730. The van der Waals surface area contributed by atoms with E-state index >= 15 is 0 Å². The summed E-state index contributed by atoms with van der Waals surface area (Å²) in [6.45, 7) is 4.59. The molecule has 5 heteroatoms. The van der Waals surface area contributed by atoms with Crippen LogP contribution in [0.25, 0.3) is 0 Å². The molecule has 17 heavy (non-hydrogen) atoms. The summed E-state index contributed by atoms with van der Waals surface area (Å²) < 4.78 is 0. The topological polar surface area (TPSA) is 83.8 Å². The predicted molar refractivity (Wildman–Crippen MR) is 68.9 cm³/mol. The zero-order valence-electron chi connectivity index (χ0n) is 10.4. The van der Waals surface area contributed by atoms with Crippen LogP contribution in [0.3, 0.4) is 0 Å². The van der Waals surface area contributed by atoms with Crippen LogP contribution in [0.5, 0.6) is 0 Å². The third-order valence-corrected chi connectivity index (χ3v) is 3.57.